The number of nitrogens with zero attached hydrogens (tertiary/aromatic N) is 1. The van der Waals surface area contributed by atoms with Gasteiger partial charge in [0.15, 0.2) is 12.4 Å². The molecule has 2 aromatic rings. The molecular weight excluding hydrogens is 290 g/mol. The molecule has 2 aromatic carbocycles. The van der Waals surface area contributed by atoms with Gasteiger partial charge in [0, 0.05) is 12.1 Å². The maximum Gasteiger partial charge on any atom is 0.153 e. The van der Waals surface area contributed by atoms with Gasteiger partial charge >= 0.3 is 0 Å². The number of fused-ring (bicyclic) bond motifs is 1. The van der Waals surface area contributed by atoms with E-state index in [0.717, 1.165) is 24.0 Å². The molecular formula is C19H21NO3. The minimum absolute atomic E-state index is 0.0837. The molecule has 0 saturated carbocycles. The fourth-order valence-corrected chi connectivity index (χ4v) is 2.90. The maximum atomic E-state index is 11.3. The molecule has 0 N–H and O–H groups in total. The molecule has 0 bridgehead atoms. The topological polar surface area (TPSA) is 38.8 Å². The lowest BCUT2D eigenvalue weighted by atomic mass is 9.95. The van der Waals surface area contributed by atoms with Crippen molar-refractivity contribution in [2.24, 2.45) is 0 Å². The number of carbonyl (C=O) groups excluding carboxylic acids is 1. The van der Waals surface area contributed by atoms with Gasteiger partial charge in [-0.15, -0.1) is 0 Å². The highest BCUT2D eigenvalue weighted by molar-refractivity contribution is 5.79. The highest BCUT2D eigenvalue weighted by Crippen LogP contribution is 2.34. The summed E-state index contributed by atoms with van der Waals surface area (Å²) in [6.07, 6.45) is 0.509. The van der Waals surface area contributed by atoms with Crippen LogP contribution in [0, 0.1) is 0 Å². The van der Waals surface area contributed by atoms with Crippen LogP contribution in [0.1, 0.15) is 27.6 Å². The van der Waals surface area contributed by atoms with Crippen LogP contribution in [0.25, 0.3) is 0 Å². The standard InChI is InChI=1S/C19H21NO3/c1-20(2)11-18-19(16-9-5-3-8-15(16)13-22-18)23-17-10-6-4-7-14(17)12-21/h3-10,12,18-19H,11,13H2,1-2H3/t18?,19-/m0/s1. The average Bonchev–Trinajstić information content (AvgIpc) is 2.57. The van der Waals surface area contributed by atoms with Crippen molar-refractivity contribution in [1.29, 1.82) is 0 Å². The van der Waals surface area contributed by atoms with E-state index < -0.39 is 0 Å². The van der Waals surface area contributed by atoms with Gasteiger partial charge in [-0.2, -0.15) is 0 Å². The van der Waals surface area contributed by atoms with E-state index in [1.807, 2.05) is 44.4 Å². The Kier molecular flexibility index (Phi) is 4.74. The van der Waals surface area contributed by atoms with Crippen LogP contribution in [-0.2, 0) is 11.3 Å². The number of ether oxygens (including phenoxy) is 2. The fourth-order valence-electron chi connectivity index (χ4n) is 2.90. The zero-order valence-electron chi connectivity index (χ0n) is 13.4. The number of hydrogen-bond donors (Lipinski definition) is 0. The van der Waals surface area contributed by atoms with Crippen LogP contribution in [-0.4, -0.2) is 37.9 Å². The minimum atomic E-state index is -0.233. The molecule has 1 aliphatic rings. The number of hydrogen-bond acceptors (Lipinski definition) is 4. The number of likely N-dealkylation sites (N-methyl/N-ethyl adjacent to an activating group) is 1. The molecule has 1 aliphatic heterocycles. The second-order valence-corrected chi connectivity index (χ2v) is 6.00. The molecule has 4 nitrogen and oxygen atoms in total. The lowest BCUT2D eigenvalue weighted by molar-refractivity contribution is -0.0618. The predicted molar refractivity (Wildman–Crippen MR) is 88.8 cm³/mol. The summed E-state index contributed by atoms with van der Waals surface area (Å²) in [5.74, 6) is 0.594. The third kappa shape index (κ3) is 3.44. The van der Waals surface area contributed by atoms with Gasteiger partial charge in [-0.05, 0) is 31.8 Å². The summed E-state index contributed by atoms with van der Waals surface area (Å²) in [5, 5.41) is 0. The normalized spacial score (nSPS) is 20.1. The fraction of sp³-hybridized carbons (Fsp3) is 0.316. The van der Waals surface area contributed by atoms with Crippen LogP contribution in [0.15, 0.2) is 48.5 Å². The Bertz CT molecular complexity index is 684. The first kappa shape index (κ1) is 15.7. The Balaban J connectivity index is 1.95. The van der Waals surface area contributed by atoms with Crippen LogP contribution in [0.5, 0.6) is 5.75 Å². The van der Waals surface area contributed by atoms with E-state index in [9.17, 15) is 4.79 Å². The Hall–Kier alpha value is -2.17. The van der Waals surface area contributed by atoms with Crippen LogP contribution in [0.2, 0.25) is 0 Å². The third-order valence-corrected chi connectivity index (χ3v) is 4.00. The molecule has 4 heteroatoms. The molecule has 0 spiro atoms. The second-order valence-electron chi connectivity index (χ2n) is 6.00. The lowest BCUT2D eigenvalue weighted by Gasteiger charge is -2.35. The molecule has 2 atom stereocenters. The first-order valence-electron chi connectivity index (χ1n) is 7.74. The van der Waals surface area contributed by atoms with Gasteiger partial charge in [0.25, 0.3) is 0 Å². The van der Waals surface area contributed by atoms with Crippen molar-refractivity contribution < 1.29 is 14.3 Å². The summed E-state index contributed by atoms with van der Waals surface area (Å²) in [6, 6.07) is 15.5. The Morgan fingerprint density at radius 2 is 1.91 bits per heavy atom. The molecule has 120 valence electrons. The van der Waals surface area contributed by atoms with Gasteiger partial charge in [0.1, 0.15) is 11.9 Å². The van der Waals surface area contributed by atoms with Gasteiger partial charge < -0.3 is 14.4 Å². The zero-order chi connectivity index (χ0) is 16.2. The minimum Gasteiger partial charge on any atom is -0.482 e. The van der Waals surface area contributed by atoms with Gasteiger partial charge in [0.05, 0.1) is 12.2 Å². The molecule has 3 rings (SSSR count). The van der Waals surface area contributed by atoms with Crippen molar-refractivity contribution in [3.8, 4) is 5.75 Å². The van der Waals surface area contributed by atoms with Crippen molar-refractivity contribution in [1.82, 2.24) is 4.90 Å². The number of rotatable bonds is 5. The monoisotopic (exact) mass is 311 g/mol. The van der Waals surface area contributed by atoms with Crippen LogP contribution in [0.4, 0.5) is 0 Å². The summed E-state index contributed by atoms with van der Waals surface area (Å²) in [7, 11) is 4.03. The van der Waals surface area contributed by atoms with Crippen molar-refractivity contribution in [3.63, 3.8) is 0 Å². The van der Waals surface area contributed by atoms with E-state index in [1.54, 1.807) is 6.07 Å². The van der Waals surface area contributed by atoms with Gasteiger partial charge in [0.2, 0.25) is 0 Å². The van der Waals surface area contributed by atoms with Gasteiger partial charge in [-0.1, -0.05) is 36.4 Å². The zero-order valence-corrected chi connectivity index (χ0v) is 13.4. The molecule has 1 unspecified atom stereocenters. The smallest absolute Gasteiger partial charge is 0.153 e. The summed E-state index contributed by atoms with van der Waals surface area (Å²) in [6.45, 7) is 1.34. The Labute approximate surface area is 136 Å². The Morgan fingerprint density at radius 1 is 1.17 bits per heavy atom. The maximum absolute atomic E-state index is 11.3. The molecule has 0 fully saturated rings. The van der Waals surface area contributed by atoms with Crippen molar-refractivity contribution >= 4 is 6.29 Å². The SMILES string of the molecule is CN(C)CC1OCc2ccccc2[C@@H]1Oc1ccccc1C=O. The molecule has 0 saturated heterocycles. The van der Waals surface area contributed by atoms with E-state index in [2.05, 4.69) is 17.0 Å². The summed E-state index contributed by atoms with van der Waals surface area (Å²) in [5.41, 5.74) is 2.82. The van der Waals surface area contributed by atoms with Crippen molar-refractivity contribution in [2.45, 2.75) is 18.8 Å². The number of para-hydroxylation sites is 1. The first-order chi connectivity index (χ1) is 11.2. The number of carbonyl (C=O) groups is 1. The number of aldehydes is 1. The lowest BCUT2D eigenvalue weighted by Crippen LogP contribution is -2.39. The highest BCUT2D eigenvalue weighted by Gasteiger charge is 2.32. The van der Waals surface area contributed by atoms with Crippen molar-refractivity contribution in [3.05, 3.63) is 65.2 Å². The largest absolute Gasteiger partial charge is 0.482 e. The summed E-state index contributed by atoms with van der Waals surface area (Å²) < 4.78 is 12.3. The molecule has 0 aromatic heterocycles. The van der Waals surface area contributed by atoms with Crippen LogP contribution in [0.3, 0.4) is 0 Å². The molecule has 0 amide bonds. The van der Waals surface area contributed by atoms with E-state index in [-0.39, 0.29) is 12.2 Å². The second kappa shape index (κ2) is 6.94. The van der Waals surface area contributed by atoms with Crippen molar-refractivity contribution in [2.75, 3.05) is 20.6 Å². The van der Waals surface area contributed by atoms with E-state index in [4.69, 9.17) is 9.47 Å². The summed E-state index contributed by atoms with van der Waals surface area (Å²) in [4.78, 5) is 13.3. The molecule has 23 heavy (non-hydrogen) atoms. The van der Waals surface area contributed by atoms with E-state index >= 15 is 0 Å². The van der Waals surface area contributed by atoms with E-state index in [0.29, 0.717) is 17.9 Å². The predicted octanol–water partition coefficient (Wildman–Crippen LogP) is 3.08. The van der Waals surface area contributed by atoms with Gasteiger partial charge in [-0.3, -0.25) is 4.79 Å². The first-order valence-corrected chi connectivity index (χ1v) is 7.74. The van der Waals surface area contributed by atoms with E-state index in [1.165, 1.54) is 0 Å². The molecule has 0 aliphatic carbocycles. The molecule has 0 radical (unpaired) electrons. The number of benzene rings is 2. The van der Waals surface area contributed by atoms with Crippen LogP contribution >= 0.6 is 0 Å². The van der Waals surface area contributed by atoms with Gasteiger partial charge in [-0.25, -0.2) is 0 Å². The quantitative estimate of drug-likeness (QED) is 0.796. The Morgan fingerprint density at radius 3 is 2.70 bits per heavy atom. The average molecular weight is 311 g/mol. The van der Waals surface area contributed by atoms with Crippen LogP contribution < -0.4 is 4.74 Å². The highest BCUT2D eigenvalue weighted by atomic mass is 16.5. The third-order valence-electron chi connectivity index (χ3n) is 4.00. The summed E-state index contributed by atoms with van der Waals surface area (Å²) >= 11 is 0. The molecule has 1 heterocycles.